The van der Waals surface area contributed by atoms with Crippen LogP contribution in [-0.2, 0) is 25.6 Å². The lowest BCUT2D eigenvalue weighted by atomic mass is 10.2. The fraction of sp³-hybridized carbons (Fsp3) is 0.333. The second kappa shape index (κ2) is 10.2. The van der Waals surface area contributed by atoms with Crippen LogP contribution >= 0.6 is 0 Å². The molecule has 4 rings (SSSR count). The normalized spacial score (nSPS) is 16.3. The van der Waals surface area contributed by atoms with Gasteiger partial charge < -0.3 is 19.5 Å². The summed E-state index contributed by atoms with van der Waals surface area (Å²) in [5, 5.41) is 8.85. The summed E-state index contributed by atoms with van der Waals surface area (Å²) in [6, 6.07) is 9.80. The number of morpholine rings is 1. The maximum Gasteiger partial charge on any atom is 0.324 e. The van der Waals surface area contributed by atoms with Crippen LogP contribution < -0.4 is 15.5 Å². The molecule has 34 heavy (non-hydrogen) atoms. The number of hydrogen-bond donors (Lipinski definition) is 2. The van der Waals surface area contributed by atoms with Gasteiger partial charge in [0.1, 0.15) is 18.7 Å². The predicted molar refractivity (Wildman–Crippen MR) is 124 cm³/mol. The summed E-state index contributed by atoms with van der Waals surface area (Å²) in [7, 11) is -3.63. The molecule has 1 aliphatic heterocycles. The summed E-state index contributed by atoms with van der Waals surface area (Å²) in [6.07, 6.45) is 2.34. The topological polar surface area (TPSA) is 149 Å². The fourth-order valence-electron chi connectivity index (χ4n) is 3.33. The van der Waals surface area contributed by atoms with Gasteiger partial charge in [-0.1, -0.05) is 5.16 Å². The van der Waals surface area contributed by atoms with Crippen LogP contribution in [0.5, 0.6) is 0 Å². The molecule has 3 heterocycles. The third-order valence-electron chi connectivity index (χ3n) is 4.93. The number of aromatic nitrogens is 3. The molecule has 0 aliphatic carbocycles. The first-order chi connectivity index (χ1) is 16.3. The first kappa shape index (κ1) is 23.6. The minimum atomic E-state index is -3.63. The maximum atomic E-state index is 12.1. The third-order valence-corrected chi connectivity index (χ3v) is 5.47. The molecule has 1 atom stereocenters. The van der Waals surface area contributed by atoms with Gasteiger partial charge in [-0.15, -0.1) is 0 Å². The molecule has 2 amide bonds. The number of urea groups is 1. The van der Waals surface area contributed by atoms with E-state index in [1.807, 2.05) is 6.92 Å². The molecule has 12 nitrogen and oxygen atoms in total. The highest BCUT2D eigenvalue weighted by molar-refractivity contribution is 7.85. The zero-order valence-electron chi connectivity index (χ0n) is 18.6. The molecular weight excluding hydrogens is 464 g/mol. The van der Waals surface area contributed by atoms with E-state index in [4.69, 9.17) is 13.9 Å². The summed E-state index contributed by atoms with van der Waals surface area (Å²) >= 11 is 0. The molecule has 0 spiro atoms. The highest BCUT2D eigenvalue weighted by Crippen LogP contribution is 2.25. The molecular formula is C21H24N6O6S. The summed E-state index contributed by atoms with van der Waals surface area (Å²) in [5.74, 6) is 1.35. The molecule has 1 fully saturated rings. The Bertz CT molecular complexity index is 1230. The van der Waals surface area contributed by atoms with Gasteiger partial charge >= 0.3 is 6.03 Å². The van der Waals surface area contributed by atoms with Crippen molar-refractivity contribution < 1.29 is 26.7 Å². The number of anilines is 3. The number of nitrogens with one attached hydrogen (secondary N) is 2. The highest BCUT2D eigenvalue weighted by atomic mass is 32.2. The number of rotatable bonds is 7. The molecule has 13 heteroatoms. The molecule has 2 N–H and O–H groups in total. The van der Waals surface area contributed by atoms with Crippen molar-refractivity contribution >= 4 is 33.5 Å². The second-order valence-corrected chi connectivity index (χ2v) is 9.31. The van der Waals surface area contributed by atoms with E-state index in [1.165, 1.54) is 12.3 Å². The monoisotopic (exact) mass is 488 g/mol. The van der Waals surface area contributed by atoms with Gasteiger partial charge in [-0.05, 0) is 31.2 Å². The lowest BCUT2D eigenvalue weighted by molar-refractivity contribution is 0.0985. The Kier molecular flexibility index (Phi) is 7.05. The maximum absolute atomic E-state index is 12.1. The van der Waals surface area contributed by atoms with E-state index in [0.29, 0.717) is 54.2 Å². The van der Waals surface area contributed by atoms with Gasteiger partial charge in [0.2, 0.25) is 0 Å². The van der Waals surface area contributed by atoms with Gasteiger partial charge in [0.25, 0.3) is 10.1 Å². The van der Waals surface area contributed by atoms with Crippen LogP contribution in [-0.4, -0.2) is 61.6 Å². The standard InChI is InChI=1S/C21H24N6O6S/c1-14-12-31-10-8-27(14)19-11-17(13-33-34(2,29)30)22-20(25-19)15-3-5-16(6-4-15)23-21(28)24-18-7-9-32-26-18/h3-7,9,11,14H,8,10,12-13H2,1-2H3,(H2,23,24,26,28). The van der Waals surface area contributed by atoms with Crippen LogP contribution in [0.4, 0.5) is 22.1 Å². The average Bonchev–Trinajstić information content (AvgIpc) is 3.31. The van der Waals surface area contributed by atoms with Crippen molar-refractivity contribution in [2.45, 2.75) is 19.6 Å². The number of hydrogen-bond acceptors (Lipinski definition) is 10. The summed E-state index contributed by atoms with van der Waals surface area (Å²) in [5.41, 5.74) is 1.66. The molecule has 1 aliphatic rings. The molecule has 0 bridgehead atoms. The van der Waals surface area contributed by atoms with Gasteiger partial charge in [-0.3, -0.25) is 9.50 Å². The summed E-state index contributed by atoms with van der Waals surface area (Å²) in [6.45, 7) is 3.59. The van der Waals surface area contributed by atoms with Crippen molar-refractivity contribution in [3.8, 4) is 11.4 Å². The molecule has 2 aromatic heterocycles. The third kappa shape index (κ3) is 6.27. The quantitative estimate of drug-likeness (QED) is 0.475. The minimum absolute atomic E-state index is 0.0926. The number of nitrogens with zero attached hydrogens (tertiary/aromatic N) is 4. The van der Waals surface area contributed by atoms with Crippen molar-refractivity contribution in [1.82, 2.24) is 15.1 Å². The Balaban J connectivity index is 1.56. The van der Waals surface area contributed by atoms with Crippen molar-refractivity contribution in [3.05, 3.63) is 48.4 Å². The van der Waals surface area contributed by atoms with Crippen molar-refractivity contribution in [3.63, 3.8) is 0 Å². The Morgan fingerprint density at radius 3 is 2.68 bits per heavy atom. The lowest BCUT2D eigenvalue weighted by Gasteiger charge is -2.34. The molecule has 0 saturated carbocycles. The van der Waals surface area contributed by atoms with E-state index < -0.39 is 16.1 Å². The zero-order valence-corrected chi connectivity index (χ0v) is 19.4. The molecule has 1 saturated heterocycles. The SMILES string of the molecule is CC1COCCN1c1cc(COS(C)(=O)=O)nc(-c2ccc(NC(=O)Nc3ccon3)cc2)n1. The molecule has 180 valence electrons. The van der Waals surface area contributed by atoms with Crippen LogP contribution in [0.2, 0.25) is 0 Å². The minimum Gasteiger partial charge on any atom is -0.377 e. The average molecular weight is 489 g/mol. The second-order valence-electron chi connectivity index (χ2n) is 7.67. The number of benzene rings is 1. The fourth-order valence-corrected chi connectivity index (χ4v) is 3.66. The summed E-state index contributed by atoms with van der Waals surface area (Å²) < 4.78 is 38.1. The number of amides is 2. The Morgan fingerprint density at radius 1 is 1.21 bits per heavy atom. The first-order valence-corrected chi connectivity index (χ1v) is 12.2. The number of carbonyl (C=O) groups is 1. The first-order valence-electron chi connectivity index (χ1n) is 10.4. The van der Waals surface area contributed by atoms with Crippen molar-refractivity contribution in [1.29, 1.82) is 0 Å². The van der Waals surface area contributed by atoms with Gasteiger partial charge in [0, 0.05) is 29.9 Å². The van der Waals surface area contributed by atoms with E-state index in [0.717, 1.165) is 6.26 Å². The molecule has 1 aromatic carbocycles. The molecule has 3 aromatic rings. The van der Waals surface area contributed by atoms with E-state index in [-0.39, 0.29) is 12.6 Å². The van der Waals surface area contributed by atoms with E-state index >= 15 is 0 Å². The Hall–Kier alpha value is -3.55. The number of ether oxygens (including phenoxy) is 1. The summed E-state index contributed by atoms with van der Waals surface area (Å²) in [4.78, 5) is 23.4. The van der Waals surface area contributed by atoms with Gasteiger partial charge in [-0.2, -0.15) is 8.42 Å². The van der Waals surface area contributed by atoms with Crippen LogP contribution in [0.1, 0.15) is 12.6 Å². The Morgan fingerprint density at radius 2 is 2.00 bits per heavy atom. The zero-order chi connectivity index (χ0) is 24.1. The van der Waals surface area contributed by atoms with Gasteiger partial charge in [0.15, 0.2) is 11.6 Å². The van der Waals surface area contributed by atoms with Crippen LogP contribution in [0.25, 0.3) is 11.4 Å². The van der Waals surface area contributed by atoms with Gasteiger partial charge in [-0.25, -0.2) is 14.8 Å². The number of carbonyl (C=O) groups excluding carboxylic acids is 1. The predicted octanol–water partition coefficient (Wildman–Crippen LogP) is 2.48. The van der Waals surface area contributed by atoms with Gasteiger partial charge in [0.05, 0.1) is 31.2 Å². The lowest BCUT2D eigenvalue weighted by Crippen LogP contribution is -2.44. The van der Waals surface area contributed by atoms with E-state index in [1.54, 1.807) is 30.3 Å². The highest BCUT2D eigenvalue weighted by Gasteiger charge is 2.22. The van der Waals surface area contributed by atoms with Crippen molar-refractivity contribution in [2.75, 3.05) is 41.5 Å². The molecule has 1 unspecified atom stereocenters. The van der Waals surface area contributed by atoms with E-state index in [9.17, 15) is 13.2 Å². The molecule has 0 radical (unpaired) electrons. The van der Waals surface area contributed by atoms with Crippen LogP contribution in [0.3, 0.4) is 0 Å². The van der Waals surface area contributed by atoms with Crippen molar-refractivity contribution in [2.24, 2.45) is 0 Å². The van der Waals surface area contributed by atoms with Crippen LogP contribution in [0.15, 0.2) is 47.2 Å². The van der Waals surface area contributed by atoms with Crippen LogP contribution in [0, 0.1) is 0 Å². The Labute approximate surface area is 196 Å². The van der Waals surface area contributed by atoms with E-state index in [2.05, 4.69) is 30.2 Å². The largest absolute Gasteiger partial charge is 0.377 e. The smallest absolute Gasteiger partial charge is 0.324 e.